The van der Waals surface area contributed by atoms with Gasteiger partial charge in [0.25, 0.3) is 0 Å². The minimum Gasteiger partial charge on any atom is -0.469 e. The van der Waals surface area contributed by atoms with Gasteiger partial charge in [-0.3, -0.25) is 9.59 Å². The molecule has 82 valence electrons. The molecule has 0 aromatic carbocycles. The first-order valence-corrected chi connectivity index (χ1v) is 4.53. The van der Waals surface area contributed by atoms with Gasteiger partial charge < -0.3 is 15.8 Å². The van der Waals surface area contributed by atoms with Gasteiger partial charge in [0.15, 0.2) is 0 Å². The van der Waals surface area contributed by atoms with Gasteiger partial charge in [0, 0.05) is 5.54 Å². The Morgan fingerprint density at radius 1 is 1.50 bits per heavy atom. The lowest BCUT2D eigenvalue weighted by Gasteiger charge is -2.27. The van der Waals surface area contributed by atoms with Crippen LogP contribution < -0.4 is 11.1 Å². The molecule has 0 aliphatic rings. The van der Waals surface area contributed by atoms with Gasteiger partial charge in [0.2, 0.25) is 5.91 Å². The van der Waals surface area contributed by atoms with Crippen LogP contribution in [0.15, 0.2) is 0 Å². The fraction of sp³-hybridized carbons (Fsp3) is 0.778. The number of carbonyl (C=O) groups excluding carboxylic acids is 2. The van der Waals surface area contributed by atoms with E-state index in [4.69, 9.17) is 5.73 Å². The number of esters is 1. The molecular weight excluding hydrogens is 184 g/mol. The van der Waals surface area contributed by atoms with Crippen molar-refractivity contribution < 1.29 is 14.3 Å². The summed E-state index contributed by atoms with van der Waals surface area (Å²) in [5, 5.41) is 2.94. The topological polar surface area (TPSA) is 81.4 Å². The van der Waals surface area contributed by atoms with Crippen molar-refractivity contribution in [3.8, 4) is 0 Å². The number of ether oxygens (including phenoxy) is 1. The molecule has 0 aliphatic carbocycles. The second-order valence-corrected chi connectivity index (χ2v) is 3.49. The van der Waals surface area contributed by atoms with Crippen molar-refractivity contribution in [2.24, 2.45) is 5.73 Å². The molecule has 0 saturated heterocycles. The van der Waals surface area contributed by atoms with E-state index in [9.17, 15) is 9.59 Å². The highest BCUT2D eigenvalue weighted by Gasteiger charge is 2.25. The number of rotatable bonds is 6. The summed E-state index contributed by atoms with van der Waals surface area (Å²) >= 11 is 0. The largest absolute Gasteiger partial charge is 0.469 e. The van der Waals surface area contributed by atoms with E-state index >= 15 is 0 Å². The van der Waals surface area contributed by atoms with Crippen molar-refractivity contribution in [1.29, 1.82) is 0 Å². The molecule has 5 heteroatoms. The normalized spacial score (nSPS) is 14.5. The summed E-state index contributed by atoms with van der Waals surface area (Å²) in [6, 6.07) is 0. The van der Waals surface area contributed by atoms with Crippen molar-refractivity contribution in [2.45, 2.75) is 32.2 Å². The molecule has 0 fully saturated rings. The van der Waals surface area contributed by atoms with Gasteiger partial charge in [0.05, 0.1) is 20.1 Å². The van der Waals surface area contributed by atoms with Crippen LogP contribution in [0.4, 0.5) is 0 Å². The second kappa shape index (κ2) is 5.59. The lowest BCUT2D eigenvalue weighted by Crippen LogP contribution is -2.47. The molecule has 0 bridgehead atoms. The van der Waals surface area contributed by atoms with E-state index in [0.717, 1.165) is 6.42 Å². The highest BCUT2D eigenvalue weighted by Crippen LogP contribution is 2.14. The SMILES string of the molecule is CC[C@@](C)(CC(=O)OC)NCC(N)=O. The summed E-state index contributed by atoms with van der Waals surface area (Å²) in [7, 11) is 1.34. The zero-order valence-electron chi connectivity index (χ0n) is 8.92. The first kappa shape index (κ1) is 12.9. The van der Waals surface area contributed by atoms with Crippen LogP contribution in [0.5, 0.6) is 0 Å². The Bertz CT molecular complexity index is 218. The molecule has 0 aromatic heterocycles. The van der Waals surface area contributed by atoms with Crippen molar-refractivity contribution in [3.63, 3.8) is 0 Å². The molecular formula is C9H18N2O3. The fourth-order valence-electron chi connectivity index (χ4n) is 1.00. The van der Waals surface area contributed by atoms with Crippen molar-refractivity contribution in [2.75, 3.05) is 13.7 Å². The summed E-state index contributed by atoms with van der Waals surface area (Å²) in [4.78, 5) is 21.6. The Kier molecular flexibility index (Phi) is 5.15. The number of methoxy groups -OCH3 is 1. The fourth-order valence-corrected chi connectivity index (χ4v) is 1.00. The van der Waals surface area contributed by atoms with Gasteiger partial charge in [-0.25, -0.2) is 0 Å². The van der Waals surface area contributed by atoms with Crippen LogP contribution in [0, 0.1) is 0 Å². The zero-order valence-corrected chi connectivity index (χ0v) is 8.92. The second-order valence-electron chi connectivity index (χ2n) is 3.49. The van der Waals surface area contributed by atoms with Gasteiger partial charge in [-0.15, -0.1) is 0 Å². The zero-order chi connectivity index (χ0) is 11.2. The molecule has 0 unspecified atom stereocenters. The third kappa shape index (κ3) is 4.81. The molecule has 0 radical (unpaired) electrons. The minimum absolute atomic E-state index is 0.0708. The number of hydrogen-bond acceptors (Lipinski definition) is 4. The third-order valence-corrected chi connectivity index (χ3v) is 2.23. The Morgan fingerprint density at radius 3 is 2.43 bits per heavy atom. The lowest BCUT2D eigenvalue weighted by molar-refractivity contribution is -0.142. The van der Waals surface area contributed by atoms with Gasteiger partial charge in [-0.05, 0) is 13.3 Å². The number of carbonyl (C=O) groups is 2. The number of primary amides is 1. The molecule has 0 spiro atoms. The predicted octanol–water partition coefficient (Wildman–Crippen LogP) is -0.207. The summed E-state index contributed by atoms with van der Waals surface area (Å²) in [6.07, 6.45) is 0.947. The van der Waals surface area contributed by atoms with Gasteiger partial charge >= 0.3 is 5.97 Å². The monoisotopic (exact) mass is 202 g/mol. The molecule has 0 heterocycles. The molecule has 1 amide bonds. The number of nitrogens with two attached hydrogens (primary N) is 1. The van der Waals surface area contributed by atoms with E-state index in [1.807, 2.05) is 13.8 Å². The van der Waals surface area contributed by atoms with Crippen molar-refractivity contribution in [1.82, 2.24) is 5.32 Å². The van der Waals surface area contributed by atoms with Crippen LogP contribution in [-0.4, -0.2) is 31.1 Å². The van der Waals surface area contributed by atoms with E-state index in [1.54, 1.807) is 0 Å². The molecule has 0 aromatic rings. The summed E-state index contributed by atoms with van der Waals surface area (Å²) < 4.78 is 4.56. The van der Waals surface area contributed by atoms with Crippen molar-refractivity contribution >= 4 is 11.9 Å². The van der Waals surface area contributed by atoms with Crippen LogP contribution >= 0.6 is 0 Å². The molecule has 3 N–H and O–H groups in total. The first-order valence-electron chi connectivity index (χ1n) is 4.53. The van der Waals surface area contributed by atoms with Crippen LogP contribution in [0.1, 0.15) is 26.7 Å². The van der Waals surface area contributed by atoms with Crippen LogP contribution in [0.3, 0.4) is 0 Å². The van der Waals surface area contributed by atoms with Gasteiger partial charge in [-0.1, -0.05) is 6.92 Å². The molecule has 5 nitrogen and oxygen atoms in total. The van der Waals surface area contributed by atoms with E-state index in [-0.39, 0.29) is 18.9 Å². The summed E-state index contributed by atoms with van der Waals surface area (Å²) in [5.41, 5.74) is 4.57. The average molecular weight is 202 g/mol. The summed E-state index contributed by atoms with van der Waals surface area (Å²) in [5.74, 6) is -0.735. The highest BCUT2D eigenvalue weighted by atomic mass is 16.5. The quantitative estimate of drug-likeness (QED) is 0.584. The van der Waals surface area contributed by atoms with Crippen LogP contribution in [0.25, 0.3) is 0 Å². The van der Waals surface area contributed by atoms with E-state index < -0.39 is 11.4 Å². The Labute approximate surface area is 84.0 Å². The first-order chi connectivity index (χ1) is 6.43. The molecule has 0 aliphatic heterocycles. The maximum absolute atomic E-state index is 11.1. The lowest BCUT2D eigenvalue weighted by atomic mass is 9.94. The van der Waals surface area contributed by atoms with Crippen LogP contribution in [0.2, 0.25) is 0 Å². The predicted molar refractivity (Wildman–Crippen MR) is 52.5 cm³/mol. The number of nitrogens with one attached hydrogen (secondary N) is 1. The number of hydrogen-bond donors (Lipinski definition) is 2. The smallest absolute Gasteiger partial charge is 0.307 e. The van der Waals surface area contributed by atoms with Crippen LogP contribution in [-0.2, 0) is 14.3 Å². The highest BCUT2D eigenvalue weighted by molar-refractivity contribution is 5.76. The minimum atomic E-state index is -0.436. The Balaban J connectivity index is 4.17. The molecule has 0 rings (SSSR count). The maximum Gasteiger partial charge on any atom is 0.307 e. The molecule has 1 atom stereocenters. The Hall–Kier alpha value is -1.10. The molecule has 14 heavy (non-hydrogen) atoms. The Morgan fingerprint density at radius 2 is 2.07 bits per heavy atom. The van der Waals surface area contributed by atoms with Crippen molar-refractivity contribution in [3.05, 3.63) is 0 Å². The van der Waals surface area contributed by atoms with Gasteiger partial charge in [-0.2, -0.15) is 0 Å². The number of amides is 1. The molecule has 0 saturated carbocycles. The van der Waals surface area contributed by atoms with Gasteiger partial charge in [0.1, 0.15) is 0 Å². The summed E-state index contributed by atoms with van der Waals surface area (Å²) in [6.45, 7) is 3.85. The average Bonchev–Trinajstić information content (AvgIpc) is 2.14. The third-order valence-electron chi connectivity index (χ3n) is 2.23. The van der Waals surface area contributed by atoms with E-state index in [1.165, 1.54) is 7.11 Å². The van der Waals surface area contributed by atoms with E-state index in [2.05, 4.69) is 10.1 Å². The standard InChI is InChI=1S/C9H18N2O3/c1-4-9(2,5-8(13)14-3)11-6-7(10)12/h11H,4-6H2,1-3H3,(H2,10,12)/t9-/m0/s1. The van der Waals surface area contributed by atoms with E-state index in [0.29, 0.717) is 0 Å². The maximum atomic E-state index is 11.1.